The molecular formula is C31H35F3N4O3S2. The van der Waals surface area contributed by atoms with Crippen LogP contribution in [-0.4, -0.2) is 75.1 Å². The molecule has 2 aromatic carbocycles. The maximum atomic E-state index is 13.1. The highest BCUT2D eigenvalue weighted by atomic mass is 32.2. The van der Waals surface area contributed by atoms with Crippen LogP contribution in [0.3, 0.4) is 0 Å². The summed E-state index contributed by atoms with van der Waals surface area (Å²) in [7, 11) is 1.65. The molecule has 7 nitrogen and oxygen atoms in total. The third-order valence-electron chi connectivity index (χ3n) is 8.19. The number of nitrogens with one attached hydrogen (secondary N) is 2. The fourth-order valence-corrected chi connectivity index (χ4v) is 8.45. The Kier molecular flexibility index (Phi) is 9.29. The summed E-state index contributed by atoms with van der Waals surface area (Å²) in [6.45, 7) is 3.93. The number of rotatable bonds is 8. The van der Waals surface area contributed by atoms with Gasteiger partial charge in [-0.15, -0.1) is 0 Å². The molecule has 0 saturated carbocycles. The zero-order valence-corrected chi connectivity index (χ0v) is 25.5. The Bertz CT molecular complexity index is 1480. The van der Waals surface area contributed by atoms with Crippen LogP contribution in [0.5, 0.6) is 0 Å². The van der Waals surface area contributed by atoms with Gasteiger partial charge in [-0.1, -0.05) is 35.7 Å². The number of benzene rings is 2. The van der Waals surface area contributed by atoms with Gasteiger partial charge in [0.05, 0.1) is 25.2 Å². The van der Waals surface area contributed by atoms with Crippen molar-refractivity contribution < 1.29 is 22.6 Å². The molecule has 4 heterocycles. The lowest BCUT2D eigenvalue weighted by Gasteiger charge is -2.36. The van der Waals surface area contributed by atoms with Gasteiger partial charge in [-0.25, -0.2) is 0 Å². The minimum Gasteiger partial charge on any atom is -0.383 e. The van der Waals surface area contributed by atoms with E-state index < -0.39 is 12.1 Å². The molecule has 3 aliphatic rings. The average Bonchev–Trinajstić information content (AvgIpc) is 3.00. The Hall–Kier alpha value is -2.64. The predicted molar refractivity (Wildman–Crippen MR) is 164 cm³/mol. The second-order valence-corrected chi connectivity index (χ2v) is 13.3. The molecule has 0 bridgehead atoms. The molecular weight excluding hydrogens is 597 g/mol. The van der Waals surface area contributed by atoms with E-state index in [1.54, 1.807) is 42.9 Å². The van der Waals surface area contributed by atoms with Crippen molar-refractivity contribution >= 4 is 34.9 Å². The Morgan fingerprint density at radius 2 is 1.91 bits per heavy atom. The second kappa shape index (κ2) is 13.2. The van der Waals surface area contributed by atoms with Crippen molar-refractivity contribution in [3.05, 3.63) is 70.6 Å². The predicted octanol–water partition coefficient (Wildman–Crippen LogP) is 6.27. The van der Waals surface area contributed by atoms with Gasteiger partial charge in [-0.3, -0.25) is 4.79 Å². The lowest BCUT2D eigenvalue weighted by Crippen LogP contribution is -2.45. The van der Waals surface area contributed by atoms with E-state index in [4.69, 9.17) is 9.47 Å². The minimum absolute atomic E-state index is 0.0442. The molecule has 2 atom stereocenters. The number of alkyl halides is 3. The molecule has 2 unspecified atom stereocenters. The third kappa shape index (κ3) is 7.20. The molecule has 6 rings (SSSR count). The zero-order valence-electron chi connectivity index (χ0n) is 23.9. The number of hydrogen-bond acceptors (Lipinski definition) is 8. The lowest BCUT2D eigenvalue weighted by atomic mass is 9.96. The van der Waals surface area contributed by atoms with Crippen LogP contribution < -0.4 is 15.8 Å². The number of aromatic amines is 1. The van der Waals surface area contributed by atoms with Crippen LogP contribution in [0.25, 0.3) is 0 Å². The number of methoxy groups -OCH3 is 1. The Morgan fingerprint density at radius 3 is 2.67 bits per heavy atom. The van der Waals surface area contributed by atoms with Crippen molar-refractivity contribution in [3.63, 3.8) is 0 Å². The third-order valence-corrected chi connectivity index (χ3v) is 10.8. The summed E-state index contributed by atoms with van der Waals surface area (Å²) in [5.74, 6) is -1.20. The number of ether oxygens (including phenoxy) is 2. The zero-order chi connectivity index (χ0) is 30.0. The highest BCUT2D eigenvalue weighted by Crippen LogP contribution is 2.52. The summed E-state index contributed by atoms with van der Waals surface area (Å²) in [5.41, 5.74) is 2.88. The topological polar surface area (TPSA) is 69.8 Å². The van der Waals surface area contributed by atoms with E-state index in [0.717, 1.165) is 33.3 Å². The number of likely N-dealkylation sites (tertiary alicyclic amines) is 1. The first-order valence-electron chi connectivity index (χ1n) is 14.5. The van der Waals surface area contributed by atoms with E-state index >= 15 is 0 Å². The maximum absolute atomic E-state index is 13.1. The van der Waals surface area contributed by atoms with E-state index in [1.807, 2.05) is 6.07 Å². The van der Waals surface area contributed by atoms with Crippen LogP contribution in [0.1, 0.15) is 24.5 Å². The van der Waals surface area contributed by atoms with Crippen LogP contribution in [0.2, 0.25) is 0 Å². The van der Waals surface area contributed by atoms with Crippen molar-refractivity contribution in [3.8, 4) is 0 Å². The van der Waals surface area contributed by atoms with E-state index in [0.29, 0.717) is 39.4 Å². The van der Waals surface area contributed by atoms with Crippen molar-refractivity contribution in [2.24, 2.45) is 5.92 Å². The number of hydrogen-bond donors (Lipinski definition) is 2. The van der Waals surface area contributed by atoms with Crippen LogP contribution in [0, 0.1) is 5.92 Å². The first-order valence-corrected chi connectivity index (χ1v) is 16.1. The number of pyridine rings is 1. The quantitative estimate of drug-likeness (QED) is 0.236. The summed E-state index contributed by atoms with van der Waals surface area (Å²) in [6.07, 6.45) is -2.26. The van der Waals surface area contributed by atoms with Crippen LogP contribution >= 0.6 is 23.5 Å². The first kappa shape index (κ1) is 30.4. The number of halogens is 3. The number of morpholine rings is 1. The second-order valence-electron chi connectivity index (χ2n) is 11.2. The summed E-state index contributed by atoms with van der Waals surface area (Å²) in [5, 5.41) is 3.57. The van der Waals surface area contributed by atoms with Crippen molar-refractivity contribution in [1.29, 1.82) is 0 Å². The number of anilines is 2. The molecule has 0 spiro atoms. The normalized spacial score (nSPS) is 20.4. The SMILES string of the molecule is COCC(CN1CCC(C(F)(F)F)CC1)Nc1ccc2c(c1)Sc1cccc(C3CN(c4cc[nH]c(=O)c4)CCO3)c1S2. The highest BCUT2D eigenvalue weighted by Gasteiger charge is 2.41. The lowest BCUT2D eigenvalue weighted by molar-refractivity contribution is -0.185. The fourth-order valence-electron chi connectivity index (χ4n) is 6.00. The molecule has 0 radical (unpaired) electrons. The molecule has 0 amide bonds. The average molecular weight is 633 g/mol. The number of aromatic nitrogens is 1. The van der Waals surface area contributed by atoms with Crippen LogP contribution in [0.4, 0.5) is 24.5 Å². The Morgan fingerprint density at radius 1 is 1.07 bits per heavy atom. The summed E-state index contributed by atoms with van der Waals surface area (Å²) >= 11 is 3.47. The van der Waals surface area contributed by atoms with Gasteiger partial charge in [0, 0.05) is 70.0 Å². The molecule has 2 saturated heterocycles. The molecule has 2 N–H and O–H groups in total. The Labute approximate surface area is 257 Å². The highest BCUT2D eigenvalue weighted by molar-refractivity contribution is 8.05. The minimum atomic E-state index is -4.11. The monoisotopic (exact) mass is 632 g/mol. The van der Waals surface area contributed by atoms with E-state index in [-0.39, 0.29) is 30.5 Å². The Balaban J connectivity index is 1.13. The van der Waals surface area contributed by atoms with Crippen molar-refractivity contribution in [1.82, 2.24) is 9.88 Å². The number of fused-ring (bicyclic) bond motifs is 2. The van der Waals surface area contributed by atoms with E-state index in [1.165, 1.54) is 9.79 Å². The maximum Gasteiger partial charge on any atom is 0.391 e. The van der Waals surface area contributed by atoms with Gasteiger partial charge < -0.3 is 29.6 Å². The number of nitrogens with zero attached hydrogens (tertiary/aromatic N) is 2. The largest absolute Gasteiger partial charge is 0.391 e. The van der Waals surface area contributed by atoms with E-state index in [2.05, 4.69) is 56.5 Å². The summed E-state index contributed by atoms with van der Waals surface area (Å²) < 4.78 is 51.0. The van der Waals surface area contributed by atoms with Gasteiger partial charge in [-0.05, 0) is 61.8 Å². The molecule has 0 aliphatic carbocycles. The van der Waals surface area contributed by atoms with Crippen molar-refractivity contribution in [2.75, 3.05) is 63.3 Å². The molecule has 43 heavy (non-hydrogen) atoms. The number of H-pyrrole nitrogens is 1. The van der Waals surface area contributed by atoms with Gasteiger partial charge in [0.15, 0.2) is 0 Å². The molecule has 12 heteroatoms. The summed E-state index contributed by atoms with van der Waals surface area (Å²) in [4.78, 5) is 23.5. The summed E-state index contributed by atoms with van der Waals surface area (Å²) in [6, 6.07) is 16.2. The van der Waals surface area contributed by atoms with Crippen LogP contribution in [0.15, 0.2) is 79.1 Å². The molecule has 2 fully saturated rings. The molecule has 3 aromatic rings. The molecule has 1 aromatic heterocycles. The van der Waals surface area contributed by atoms with Gasteiger partial charge in [0.1, 0.15) is 6.10 Å². The smallest absolute Gasteiger partial charge is 0.383 e. The van der Waals surface area contributed by atoms with Gasteiger partial charge >= 0.3 is 6.18 Å². The van der Waals surface area contributed by atoms with E-state index in [9.17, 15) is 18.0 Å². The van der Waals surface area contributed by atoms with Crippen molar-refractivity contribution in [2.45, 2.75) is 50.7 Å². The van der Waals surface area contributed by atoms with Gasteiger partial charge in [-0.2, -0.15) is 13.2 Å². The van der Waals surface area contributed by atoms with Gasteiger partial charge in [0.2, 0.25) is 5.56 Å². The molecule has 230 valence electrons. The number of piperidine rings is 1. The van der Waals surface area contributed by atoms with Crippen LogP contribution in [-0.2, 0) is 9.47 Å². The molecule has 3 aliphatic heterocycles. The standard InChI is InChI=1S/C31H35F3N4O3S2/c1-40-19-22(17-37-11-8-20(9-12-37)31(32,33)34)36-21-5-6-26-28(15-21)42-27-4-2-3-24(30(27)43-26)25-18-38(13-14-41-25)23-7-10-35-29(39)16-23/h2-7,10,15-16,20,22,25,36H,8-9,11-14,17-19H2,1H3,(H,35,39). The first-order chi connectivity index (χ1) is 20.8. The van der Waals surface area contributed by atoms with Gasteiger partial charge in [0.25, 0.3) is 0 Å². The fraction of sp³-hybridized carbons (Fsp3) is 0.452.